The second kappa shape index (κ2) is 8.65. The van der Waals surface area contributed by atoms with E-state index in [1.54, 1.807) is 0 Å². The minimum Gasteiger partial charge on any atom is -0.480 e. The molecule has 32 heavy (non-hydrogen) atoms. The average Bonchev–Trinajstić information content (AvgIpc) is 3.15. The Kier molecular flexibility index (Phi) is 6.30. The van der Waals surface area contributed by atoms with Crippen LogP contribution in [0.2, 0.25) is 5.02 Å². The van der Waals surface area contributed by atoms with Gasteiger partial charge in [-0.15, -0.1) is 0 Å². The normalized spacial score (nSPS) is 12.1. The molecule has 0 bridgehead atoms. The lowest BCUT2D eigenvalue weighted by atomic mass is 10.1. The van der Waals surface area contributed by atoms with Crippen molar-refractivity contribution in [2.75, 3.05) is 6.61 Å². The summed E-state index contributed by atoms with van der Waals surface area (Å²) in [6, 6.07) is 6.12. The van der Waals surface area contributed by atoms with E-state index in [0.29, 0.717) is 11.1 Å². The van der Waals surface area contributed by atoms with E-state index >= 15 is 0 Å². The predicted octanol–water partition coefficient (Wildman–Crippen LogP) is 4.43. The standard InChI is InChI=1S/C18H11ClF6N4O3/c19-9-3-1-8(2-4-9)13-14(31-7-17(20,21)22)11(27-16(28-13)15(26)30)5-10-6-12(29-32-10)18(23,24)25/h1-4,6H,5,7H2,(H2,26,30). The number of carbonyl (C=O) groups excluding carboxylic acids is 1. The van der Waals surface area contributed by atoms with Gasteiger partial charge in [0.1, 0.15) is 11.5 Å². The molecule has 0 saturated heterocycles. The molecule has 0 atom stereocenters. The van der Waals surface area contributed by atoms with Crippen LogP contribution in [-0.2, 0) is 12.6 Å². The minimum absolute atomic E-state index is 0.186. The van der Waals surface area contributed by atoms with E-state index in [1.165, 1.54) is 24.3 Å². The summed E-state index contributed by atoms with van der Waals surface area (Å²) in [6.07, 6.45) is -10.2. The summed E-state index contributed by atoms with van der Waals surface area (Å²) in [5.41, 5.74) is 3.43. The Morgan fingerprint density at radius 3 is 2.28 bits per heavy atom. The molecule has 1 aromatic carbocycles. The maximum absolute atomic E-state index is 12.8. The van der Waals surface area contributed by atoms with E-state index in [2.05, 4.69) is 19.6 Å². The highest BCUT2D eigenvalue weighted by atomic mass is 35.5. The Balaban J connectivity index is 2.15. The van der Waals surface area contributed by atoms with Crippen LogP contribution in [0.25, 0.3) is 11.3 Å². The summed E-state index contributed by atoms with van der Waals surface area (Å²) < 4.78 is 86.3. The first-order valence-electron chi connectivity index (χ1n) is 8.52. The van der Waals surface area contributed by atoms with Crippen molar-refractivity contribution in [2.45, 2.75) is 18.8 Å². The molecule has 3 aromatic rings. The van der Waals surface area contributed by atoms with Gasteiger partial charge in [0, 0.05) is 16.7 Å². The molecule has 0 unspecified atom stereocenters. The van der Waals surface area contributed by atoms with Crippen molar-refractivity contribution in [1.82, 2.24) is 15.1 Å². The number of carbonyl (C=O) groups is 1. The molecule has 1 amide bonds. The van der Waals surface area contributed by atoms with Crippen molar-refractivity contribution < 1.29 is 40.4 Å². The second-order valence-corrected chi connectivity index (χ2v) is 6.74. The number of nitrogens with two attached hydrogens (primary N) is 1. The van der Waals surface area contributed by atoms with Crippen LogP contribution in [0.15, 0.2) is 34.9 Å². The average molecular weight is 481 g/mol. The van der Waals surface area contributed by atoms with Gasteiger partial charge < -0.3 is 15.0 Å². The number of primary amides is 1. The van der Waals surface area contributed by atoms with Gasteiger partial charge in [0.15, 0.2) is 18.1 Å². The summed E-state index contributed by atoms with van der Waals surface area (Å²) in [6.45, 7) is -1.76. The molecule has 2 heterocycles. The van der Waals surface area contributed by atoms with Crippen LogP contribution in [0, 0.1) is 0 Å². The lowest BCUT2D eigenvalue weighted by Gasteiger charge is -2.16. The van der Waals surface area contributed by atoms with Crippen molar-refractivity contribution in [3.8, 4) is 17.0 Å². The van der Waals surface area contributed by atoms with Crippen LogP contribution < -0.4 is 10.5 Å². The van der Waals surface area contributed by atoms with Gasteiger partial charge in [0.2, 0.25) is 5.82 Å². The molecular weight excluding hydrogens is 470 g/mol. The molecule has 0 spiro atoms. The molecule has 3 rings (SSSR count). The zero-order valence-corrected chi connectivity index (χ0v) is 16.3. The first-order chi connectivity index (χ1) is 14.8. The third kappa shape index (κ3) is 5.66. The first kappa shape index (κ1) is 23.3. The van der Waals surface area contributed by atoms with Crippen LogP contribution >= 0.6 is 11.6 Å². The van der Waals surface area contributed by atoms with E-state index in [-0.39, 0.29) is 17.0 Å². The molecule has 2 aromatic heterocycles. The van der Waals surface area contributed by atoms with Gasteiger partial charge in [-0.3, -0.25) is 4.79 Å². The van der Waals surface area contributed by atoms with Gasteiger partial charge in [-0.25, -0.2) is 9.97 Å². The summed E-state index contributed by atoms with van der Waals surface area (Å²) in [7, 11) is 0. The number of alkyl halides is 6. The van der Waals surface area contributed by atoms with Crippen molar-refractivity contribution in [1.29, 1.82) is 0 Å². The fourth-order valence-electron chi connectivity index (χ4n) is 2.53. The number of ether oxygens (including phenoxy) is 1. The quantitative estimate of drug-likeness (QED) is 0.523. The molecule has 14 heteroatoms. The maximum Gasteiger partial charge on any atom is 0.436 e. The first-order valence-corrected chi connectivity index (χ1v) is 8.90. The molecule has 0 aliphatic carbocycles. The summed E-state index contributed by atoms with van der Waals surface area (Å²) in [5, 5.41) is 3.18. The largest absolute Gasteiger partial charge is 0.480 e. The van der Waals surface area contributed by atoms with Crippen LogP contribution in [0.4, 0.5) is 26.3 Å². The molecule has 170 valence electrons. The number of aromatic nitrogens is 3. The smallest absolute Gasteiger partial charge is 0.436 e. The number of halogens is 7. The number of nitrogens with zero attached hydrogens (tertiary/aromatic N) is 3. The zero-order valence-electron chi connectivity index (χ0n) is 15.6. The summed E-state index contributed by atoms with van der Waals surface area (Å²) >= 11 is 5.82. The Morgan fingerprint density at radius 2 is 1.75 bits per heavy atom. The van der Waals surface area contributed by atoms with Crippen LogP contribution in [0.1, 0.15) is 27.8 Å². The topological polar surface area (TPSA) is 104 Å². The van der Waals surface area contributed by atoms with Gasteiger partial charge in [0.25, 0.3) is 5.91 Å². The Labute approximate surface area is 180 Å². The van der Waals surface area contributed by atoms with Crippen LogP contribution in [-0.4, -0.2) is 33.8 Å². The zero-order chi connectivity index (χ0) is 23.7. The van der Waals surface area contributed by atoms with E-state index in [1.807, 2.05) is 0 Å². The van der Waals surface area contributed by atoms with Crippen molar-refractivity contribution in [3.05, 3.63) is 58.3 Å². The van der Waals surface area contributed by atoms with E-state index in [0.717, 1.165) is 0 Å². The molecule has 7 nitrogen and oxygen atoms in total. The van der Waals surface area contributed by atoms with E-state index in [4.69, 9.17) is 22.1 Å². The molecular formula is C18H11ClF6N4O3. The van der Waals surface area contributed by atoms with Crippen molar-refractivity contribution >= 4 is 17.5 Å². The Bertz CT molecular complexity index is 1130. The highest BCUT2D eigenvalue weighted by molar-refractivity contribution is 6.30. The molecule has 0 aliphatic heterocycles. The summed E-state index contributed by atoms with van der Waals surface area (Å²) in [5.74, 6) is -2.65. The third-order valence-corrected chi connectivity index (χ3v) is 4.10. The van der Waals surface area contributed by atoms with E-state index < -0.39 is 54.3 Å². The predicted molar refractivity (Wildman–Crippen MR) is 96.9 cm³/mol. The lowest BCUT2D eigenvalue weighted by molar-refractivity contribution is -0.153. The maximum atomic E-state index is 12.8. The molecule has 2 N–H and O–H groups in total. The second-order valence-electron chi connectivity index (χ2n) is 6.30. The number of amides is 1. The van der Waals surface area contributed by atoms with Gasteiger partial charge >= 0.3 is 12.4 Å². The third-order valence-electron chi connectivity index (χ3n) is 3.85. The number of benzene rings is 1. The van der Waals surface area contributed by atoms with E-state index in [9.17, 15) is 31.1 Å². The fraction of sp³-hybridized carbons (Fsp3) is 0.222. The highest BCUT2D eigenvalue weighted by Crippen LogP contribution is 2.35. The molecule has 0 saturated carbocycles. The molecule has 0 fully saturated rings. The highest BCUT2D eigenvalue weighted by Gasteiger charge is 2.35. The number of rotatable bonds is 6. The molecule has 0 aliphatic rings. The lowest BCUT2D eigenvalue weighted by Crippen LogP contribution is -2.22. The van der Waals surface area contributed by atoms with Gasteiger partial charge in [0.05, 0.1) is 12.1 Å². The Morgan fingerprint density at radius 1 is 1.09 bits per heavy atom. The minimum atomic E-state index is -4.81. The summed E-state index contributed by atoms with van der Waals surface area (Å²) in [4.78, 5) is 19.3. The monoisotopic (exact) mass is 480 g/mol. The van der Waals surface area contributed by atoms with Gasteiger partial charge in [-0.2, -0.15) is 26.3 Å². The fourth-order valence-corrected chi connectivity index (χ4v) is 2.66. The Hall–Kier alpha value is -3.35. The number of hydrogen-bond acceptors (Lipinski definition) is 6. The molecule has 0 radical (unpaired) electrons. The van der Waals surface area contributed by atoms with Crippen LogP contribution in [0.5, 0.6) is 5.75 Å². The van der Waals surface area contributed by atoms with Gasteiger partial charge in [-0.05, 0) is 12.1 Å². The van der Waals surface area contributed by atoms with Crippen molar-refractivity contribution in [2.24, 2.45) is 5.73 Å². The van der Waals surface area contributed by atoms with Gasteiger partial charge in [-0.1, -0.05) is 28.9 Å². The number of hydrogen-bond donors (Lipinski definition) is 1. The van der Waals surface area contributed by atoms with Crippen molar-refractivity contribution in [3.63, 3.8) is 0 Å². The SMILES string of the molecule is NC(=O)c1nc(Cc2cc(C(F)(F)F)no2)c(OCC(F)(F)F)c(-c2ccc(Cl)cc2)n1. The van der Waals surface area contributed by atoms with Crippen LogP contribution in [0.3, 0.4) is 0 Å².